The summed E-state index contributed by atoms with van der Waals surface area (Å²) in [6.45, 7) is 6.97. The van der Waals surface area contributed by atoms with Gasteiger partial charge in [0.1, 0.15) is 18.1 Å². The topological polar surface area (TPSA) is 79.6 Å². The first kappa shape index (κ1) is 28.2. The Balaban J connectivity index is 2.15. The first-order chi connectivity index (χ1) is 15.0. The van der Waals surface area contributed by atoms with Crippen molar-refractivity contribution in [2.24, 2.45) is 0 Å². The maximum absolute atomic E-state index is 12.1. The zero-order valence-corrected chi connectivity index (χ0v) is 21.3. The van der Waals surface area contributed by atoms with Crippen LogP contribution in [0.3, 0.4) is 0 Å². The van der Waals surface area contributed by atoms with Crippen molar-refractivity contribution in [2.45, 2.75) is 104 Å². The van der Waals surface area contributed by atoms with Gasteiger partial charge in [-0.2, -0.15) is 0 Å². The van der Waals surface area contributed by atoms with Crippen molar-refractivity contribution in [3.63, 3.8) is 0 Å². The van der Waals surface area contributed by atoms with Crippen LogP contribution in [0.1, 0.15) is 93.8 Å². The fourth-order valence-electron chi connectivity index (χ4n) is 4.05. The van der Waals surface area contributed by atoms with Crippen LogP contribution >= 0.6 is 0 Å². The molecule has 0 bridgehead atoms. The molecule has 0 radical (unpaired) electrons. The fraction of sp³-hybridized carbons (Fsp3) is 0.769. The molecule has 1 atom stereocenters. The third-order valence-electron chi connectivity index (χ3n) is 5.85. The standard InChI is InChI=1S/C26H45NO5/c1-7-15-23-20(2)21(3)24(32-23)16-13-11-9-8-10-12-14-17-26(30)31-22(18-25(28)29)19-27(4,5)6/h22H,7-19H2,1-6H3. The summed E-state index contributed by atoms with van der Waals surface area (Å²) in [4.78, 5) is 23.0. The largest absolute Gasteiger partial charge is 0.550 e. The SMILES string of the molecule is CCCc1oc(CCCCCCCCCC(=O)OC(CC(=O)[O-])C[N+](C)(C)C)c(C)c1C. The first-order valence-electron chi connectivity index (χ1n) is 12.3. The van der Waals surface area contributed by atoms with Crippen molar-refractivity contribution in [3.8, 4) is 0 Å². The molecule has 32 heavy (non-hydrogen) atoms. The number of quaternary nitrogens is 1. The molecule has 6 nitrogen and oxygen atoms in total. The zero-order valence-electron chi connectivity index (χ0n) is 21.3. The van der Waals surface area contributed by atoms with Crippen molar-refractivity contribution >= 4 is 11.9 Å². The van der Waals surface area contributed by atoms with E-state index in [0.29, 0.717) is 17.4 Å². The van der Waals surface area contributed by atoms with Crippen LogP contribution in [-0.4, -0.2) is 50.2 Å². The molecule has 1 unspecified atom stereocenters. The first-order valence-corrected chi connectivity index (χ1v) is 12.3. The van der Waals surface area contributed by atoms with Gasteiger partial charge in [0.25, 0.3) is 0 Å². The van der Waals surface area contributed by atoms with Gasteiger partial charge in [0, 0.05) is 31.7 Å². The van der Waals surface area contributed by atoms with E-state index >= 15 is 0 Å². The molecule has 0 spiro atoms. The second-order valence-corrected chi connectivity index (χ2v) is 10.1. The predicted octanol–water partition coefficient (Wildman–Crippen LogP) is 4.27. The number of carboxylic acid groups (broad SMARTS) is 1. The van der Waals surface area contributed by atoms with Gasteiger partial charge in [-0.15, -0.1) is 0 Å². The number of aryl methyl sites for hydroxylation is 2. The highest BCUT2D eigenvalue weighted by molar-refractivity contribution is 5.70. The Morgan fingerprint density at radius 1 is 0.906 bits per heavy atom. The number of ether oxygens (including phenoxy) is 1. The van der Waals surface area contributed by atoms with Crippen molar-refractivity contribution in [2.75, 3.05) is 27.7 Å². The Morgan fingerprint density at radius 2 is 1.44 bits per heavy atom. The molecule has 0 fully saturated rings. The van der Waals surface area contributed by atoms with Gasteiger partial charge in [-0.1, -0.05) is 39.0 Å². The molecule has 1 aromatic heterocycles. The fourth-order valence-corrected chi connectivity index (χ4v) is 4.05. The zero-order chi connectivity index (χ0) is 24.1. The molecule has 0 saturated carbocycles. The molecule has 0 amide bonds. The van der Waals surface area contributed by atoms with E-state index in [1.807, 2.05) is 21.1 Å². The number of carboxylic acids is 1. The van der Waals surface area contributed by atoms with Gasteiger partial charge < -0.3 is 23.5 Å². The van der Waals surface area contributed by atoms with Crippen LogP contribution in [-0.2, 0) is 27.2 Å². The monoisotopic (exact) mass is 451 g/mol. The lowest BCUT2D eigenvalue weighted by Gasteiger charge is -2.29. The normalized spacial score (nSPS) is 12.7. The van der Waals surface area contributed by atoms with Crippen LogP contribution in [0.15, 0.2) is 4.42 Å². The van der Waals surface area contributed by atoms with Crippen molar-refractivity contribution in [1.29, 1.82) is 0 Å². The summed E-state index contributed by atoms with van der Waals surface area (Å²) >= 11 is 0. The van der Waals surface area contributed by atoms with Gasteiger partial charge in [0.15, 0.2) is 6.10 Å². The van der Waals surface area contributed by atoms with Crippen LogP contribution in [0.2, 0.25) is 0 Å². The number of hydrogen-bond donors (Lipinski definition) is 0. The molecule has 0 aromatic carbocycles. The Kier molecular flexibility index (Phi) is 12.7. The molecular weight excluding hydrogens is 406 g/mol. The minimum atomic E-state index is -1.19. The molecule has 1 heterocycles. The summed E-state index contributed by atoms with van der Waals surface area (Å²) in [5.41, 5.74) is 2.65. The third kappa shape index (κ3) is 11.7. The highest BCUT2D eigenvalue weighted by Crippen LogP contribution is 2.24. The summed E-state index contributed by atoms with van der Waals surface area (Å²) in [7, 11) is 5.82. The minimum Gasteiger partial charge on any atom is -0.550 e. The molecular formula is C26H45NO5. The summed E-state index contributed by atoms with van der Waals surface area (Å²) in [6.07, 6.45) is 10.2. The van der Waals surface area contributed by atoms with Crippen LogP contribution in [0.5, 0.6) is 0 Å². The lowest BCUT2D eigenvalue weighted by molar-refractivity contribution is -0.873. The van der Waals surface area contributed by atoms with Crippen LogP contribution < -0.4 is 5.11 Å². The number of aliphatic carboxylic acids is 1. The molecule has 1 rings (SSSR count). The average Bonchev–Trinajstić information content (AvgIpc) is 2.93. The van der Waals surface area contributed by atoms with Gasteiger partial charge in [-0.05, 0) is 44.2 Å². The smallest absolute Gasteiger partial charge is 0.306 e. The molecule has 0 aliphatic rings. The predicted molar refractivity (Wildman–Crippen MR) is 125 cm³/mol. The quantitative estimate of drug-likeness (QED) is 0.201. The lowest BCUT2D eigenvalue weighted by atomic mass is 10.0. The van der Waals surface area contributed by atoms with Gasteiger partial charge in [-0.25, -0.2) is 0 Å². The van der Waals surface area contributed by atoms with Gasteiger partial charge in [0.05, 0.1) is 21.1 Å². The number of furan rings is 1. The summed E-state index contributed by atoms with van der Waals surface area (Å²) < 4.78 is 12.0. The van der Waals surface area contributed by atoms with Crippen LogP contribution in [0.25, 0.3) is 0 Å². The second-order valence-electron chi connectivity index (χ2n) is 10.1. The van der Waals surface area contributed by atoms with Gasteiger partial charge in [-0.3, -0.25) is 4.79 Å². The van der Waals surface area contributed by atoms with E-state index in [9.17, 15) is 14.7 Å². The average molecular weight is 452 g/mol. The van der Waals surface area contributed by atoms with Crippen molar-refractivity contribution in [3.05, 3.63) is 22.6 Å². The van der Waals surface area contributed by atoms with Gasteiger partial charge in [0.2, 0.25) is 0 Å². The molecule has 6 heteroatoms. The molecule has 1 aromatic rings. The van der Waals surface area contributed by atoms with E-state index in [2.05, 4.69) is 20.8 Å². The van der Waals surface area contributed by atoms with E-state index in [-0.39, 0.29) is 12.4 Å². The van der Waals surface area contributed by atoms with E-state index in [1.165, 1.54) is 30.4 Å². The van der Waals surface area contributed by atoms with E-state index in [4.69, 9.17) is 9.15 Å². The van der Waals surface area contributed by atoms with Crippen molar-refractivity contribution < 1.29 is 28.3 Å². The number of rotatable bonds is 17. The minimum absolute atomic E-state index is 0.252. The number of nitrogens with zero attached hydrogens (tertiary/aromatic N) is 1. The third-order valence-corrected chi connectivity index (χ3v) is 5.85. The Hall–Kier alpha value is -1.82. The summed E-state index contributed by atoms with van der Waals surface area (Å²) in [5, 5.41) is 10.9. The van der Waals surface area contributed by atoms with Crippen LogP contribution in [0.4, 0.5) is 0 Å². The maximum atomic E-state index is 12.1. The number of unbranched alkanes of at least 4 members (excludes halogenated alkanes) is 6. The molecule has 0 aliphatic carbocycles. The number of carbonyl (C=O) groups is 2. The Morgan fingerprint density at radius 3 is 1.97 bits per heavy atom. The molecule has 184 valence electrons. The number of carbonyl (C=O) groups excluding carboxylic acids is 2. The number of hydrogen-bond acceptors (Lipinski definition) is 5. The lowest BCUT2D eigenvalue weighted by Crippen LogP contribution is -2.45. The number of esters is 1. The highest BCUT2D eigenvalue weighted by atomic mass is 16.5. The Bertz CT molecular complexity index is 702. The second kappa shape index (κ2) is 14.4. The molecule has 0 N–H and O–H groups in total. The number of likely N-dealkylation sites (N-methyl/N-ethyl adjacent to an activating group) is 1. The highest BCUT2D eigenvalue weighted by Gasteiger charge is 2.22. The van der Waals surface area contributed by atoms with E-state index in [0.717, 1.165) is 56.5 Å². The maximum Gasteiger partial charge on any atom is 0.306 e. The summed E-state index contributed by atoms with van der Waals surface area (Å²) in [5.74, 6) is 0.819. The van der Waals surface area contributed by atoms with E-state index in [1.54, 1.807) is 0 Å². The van der Waals surface area contributed by atoms with Gasteiger partial charge >= 0.3 is 5.97 Å². The van der Waals surface area contributed by atoms with E-state index < -0.39 is 12.1 Å². The van der Waals surface area contributed by atoms with Crippen molar-refractivity contribution in [1.82, 2.24) is 0 Å². The summed E-state index contributed by atoms with van der Waals surface area (Å²) in [6, 6.07) is 0. The molecule has 0 aliphatic heterocycles. The Labute approximate surface area is 194 Å². The molecule has 0 saturated heterocycles. The van der Waals surface area contributed by atoms with Crippen LogP contribution in [0, 0.1) is 13.8 Å².